The third-order valence-corrected chi connectivity index (χ3v) is 5.04. The Balaban J connectivity index is 1.41. The standard InChI is InChI=1S/C23H27NO4/c1-17(25)19-10-11-22(27-2)20(13-19)14-23(26)24-15-21(16-24)28-12-6-9-18-7-4-3-5-8-18/h3-5,7-8,10-11,13,21H,6,9,12,14-16H2,1-2H3. The Kier molecular flexibility index (Phi) is 6.82. The molecular weight excluding hydrogens is 354 g/mol. The van der Waals surface area contributed by atoms with Crippen molar-refractivity contribution in [2.75, 3.05) is 26.8 Å². The maximum Gasteiger partial charge on any atom is 0.227 e. The summed E-state index contributed by atoms with van der Waals surface area (Å²) < 4.78 is 11.2. The molecule has 0 unspecified atom stereocenters. The molecule has 2 aromatic rings. The summed E-state index contributed by atoms with van der Waals surface area (Å²) in [6, 6.07) is 15.6. The van der Waals surface area contributed by atoms with Crippen LogP contribution in [0.2, 0.25) is 0 Å². The number of amides is 1. The second-order valence-electron chi connectivity index (χ2n) is 7.14. The van der Waals surface area contributed by atoms with Gasteiger partial charge in [-0.3, -0.25) is 9.59 Å². The van der Waals surface area contributed by atoms with Crippen LogP contribution in [-0.4, -0.2) is 49.5 Å². The van der Waals surface area contributed by atoms with Crippen molar-refractivity contribution >= 4 is 11.7 Å². The SMILES string of the molecule is COc1ccc(C(C)=O)cc1CC(=O)N1CC(OCCCc2ccccc2)C1. The highest BCUT2D eigenvalue weighted by Gasteiger charge is 2.31. The molecule has 0 aliphatic carbocycles. The van der Waals surface area contributed by atoms with E-state index in [-0.39, 0.29) is 24.2 Å². The first-order valence-electron chi connectivity index (χ1n) is 9.68. The molecule has 148 valence electrons. The minimum absolute atomic E-state index is 0.0238. The van der Waals surface area contributed by atoms with Crippen molar-refractivity contribution in [2.24, 2.45) is 0 Å². The molecule has 0 saturated carbocycles. The Labute approximate surface area is 166 Å². The van der Waals surface area contributed by atoms with Gasteiger partial charge in [0.05, 0.1) is 19.6 Å². The second-order valence-corrected chi connectivity index (χ2v) is 7.14. The molecule has 5 heteroatoms. The molecule has 1 aliphatic rings. The van der Waals surface area contributed by atoms with Gasteiger partial charge in [0, 0.05) is 30.8 Å². The van der Waals surface area contributed by atoms with E-state index in [0.29, 0.717) is 31.0 Å². The van der Waals surface area contributed by atoms with Crippen molar-refractivity contribution < 1.29 is 19.1 Å². The number of carbonyl (C=O) groups is 2. The molecule has 1 heterocycles. The summed E-state index contributed by atoms with van der Waals surface area (Å²) in [4.78, 5) is 25.9. The van der Waals surface area contributed by atoms with E-state index in [1.807, 2.05) is 18.2 Å². The molecule has 0 atom stereocenters. The van der Waals surface area contributed by atoms with Crippen LogP contribution in [0.4, 0.5) is 0 Å². The van der Waals surface area contributed by atoms with Crippen molar-refractivity contribution in [1.29, 1.82) is 0 Å². The zero-order valence-electron chi connectivity index (χ0n) is 16.5. The van der Waals surface area contributed by atoms with E-state index < -0.39 is 0 Å². The first-order chi connectivity index (χ1) is 13.6. The van der Waals surface area contributed by atoms with Gasteiger partial charge < -0.3 is 14.4 Å². The predicted molar refractivity (Wildman–Crippen MR) is 108 cm³/mol. The molecule has 1 amide bonds. The molecular formula is C23H27NO4. The average Bonchev–Trinajstić information content (AvgIpc) is 2.67. The van der Waals surface area contributed by atoms with Crippen LogP contribution in [0.1, 0.15) is 34.8 Å². The molecule has 0 N–H and O–H groups in total. The number of aryl methyl sites for hydroxylation is 1. The van der Waals surface area contributed by atoms with Crippen LogP contribution in [0.5, 0.6) is 5.75 Å². The van der Waals surface area contributed by atoms with Crippen molar-refractivity contribution in [3.63, 3.8) is 0 Å². The first-order valence-corrected chi connectivity index (χ1v) is 9.68. The van der Waals surface area contributed by atoms with E-state index >= 15 is 0 Å². The number of Topliss-reactive ketones (excluding diaryl/α,β-unsaturated/α-hetero) is 1. The summed E-state index contributed by atoms with van der Waals surface area (Å²) in [5.41, 5.74) is 2.65. The van der Waals surface area contributed by atoms with Crippen LogP contribution >= 0.6 is 0 Å². The van der Waals surface area contributed by atoms with Crippen LogP contribution in [0.25, 0.3) is 0 Å². The number of hydrogen-bond acceptors (Lipinski definition) is 4. The average molecular weight is 381 g/mol. The van der Waals surface area contributed by atoms with Crippen molar-refractivity contribution in [3.8, 4) is 5.75 Å². The summed E-state index contributed by atoms with van der Waals surface area (Å²) in [6.07, 6.45) is 2.32. The van der Waals surface area contributed by atoms with E-state index in [9.17, 15) is 9.59 Å². The van der Waals surface area contributed by atoms with Gasteiger partial charge in [0.2, 0.25) is 5.91 Å². The van der Waals surface area contributed by atoms with Crippen LogP contribution in [0.3, 0.4) is 0 Å². The Bertz CT molecular complexity index is 813. The minimum Gasteiger partial charge on any atom is -0.496 e. The molecule has 1 saturated heterocycles. The molecule has 28 heavy (non-hydrogen) atoms. The van der Waals surface area contributed by atoms with Gasteiger partial charge in [0.25, 0.3) is 0 Å². The van der Waals surface area contributed by atoms with Crippen LogP contribution in [0.15, 0.2) is 48.5 Å². The van der Waals surface area contributed by atoms with Crippen LogP contribution < -0.4 is 4.74 Å². The summed E-state index contributed by atoms with van der Waals surface area (Å²) in [5, 5.41) is 0. The topological polar surface area (TPSA) is 55.8 Å². The van der Waals surface area contributed by atoms with Gasteiger partial charge in [-0.1, -0.05) is 30.3 Å². The Morgan fingerprint density at radius 1 is 1.11 bits per heavy atom. The number of rotatable bonds is 9. The largest absolute Gasteiger partial charge is 0.496 e. The number of methoxy groups -OCH3 is 1. The highest BCUT2D eigenvalue weighted by molar-refractivity contribution is 5.94. The number of likely N-dealkylation sites (tertiary alicyclic amines) is 1. The Morgan fingerprint density at radius 2 is 1.86 bits per heavy atom. The van der Waals surface area contributed by atoms with E-state index in [2.05, 4.69) is 12.1 Å². The highest BCUT2D eigenvalue weighted by Crippen LogP contribution is 2.23. The number of nitrogens with zero attached hydrogens (tertiary/aromatic N) is 1. The fourth-order valence-electron chi connectivity index (χ4n) is 3.33. The first kappa shape index (κ1) is 20.1. The smallest absolute Gasteiger partial charge is 0.227 e. The van der Waals surface area contributed by atoms with E-state index in [1.165, 1.54) is 12.5 Å². The fourth-order valence-corrected chi connectivity index (χ4v) is 3.33. The fraction of sp³-hybridized carbons (Fsp3) is 0.391. The van der Waals surface area contributed by atoms with Crippen LogP contribution in [-0.2, 0) is 22.4 Å². The van der Waals surface area contributed by atoms with Crippen molar-refractivity contribution in [1.82, 2.24) is 4.90 Å². The number of ketones is 1. The Morgan fingerprint density at radius 3 is 2.54 bits per heavy atom. The summed E-state index contributed by atoms with van der Waals surface area (Å²) in [7, 11) is 1.57. The molecule has 5 nitrogen and oxygen atoms in total. The Hall–Kier alpha value is -2.66. The van der Waals surface area contributed by atoms with Gasteiger partial charge in [-0.15, -0.1) is 0 Å². The highest BCUT2D eigenvalue weighted by atomic mass is 16.5. The number of ether oxygens (including phenoxy) is 2. The normalized spacial score (nSPS) is 13.9. The maximum atomic E-state index is 12.5. The lowest BCUT2D eigenvalue weighted by atomic mass is 10.0. The van der Waals surface area contributed by atoms with Gasteiger partial charge in [-0.25, -0.2) is 0 Å². The molecule has 1 fully saturated rings. The van der Waals surface area contributed by atoms with E-state index in [0.717, 1.165) is 18.4 Å². The van der Waals surface area contributed by atoms with Gasteiger partial charge >= 0.3 is 0 Å². The molecule has 0 aromatic heterocycles. The summed E-state index contributed by atoms with van der Waals surface area (Å²) in [5.74, 6) is 0.639. The molecule has 1 aliphatic heterocycles. The van der Waals surface area contributed by atoms with Crippen LogP contribution in [0, 0.1) is 0 Å². The molecule has 0 radical (unpaired) electrons. The van der Waals surface area contributed by atoms with Gasteiger partial charge in [0.15, 0.2) is 5.78 Å². The van der Waals surface area contributed by atoms with Crippen molar-refractivity contribution in [3.05, 3.63) is 65.2 Å². The number of hydrogen-bond donors (Lipinski definition) is 0. The summed E-state index contributed by atoms with van der Waals surface area (Å²) >= 11 is 0. The third kappa shape index (κ3) is 5.20. The monoisotopic (exact) mass is 381 g/mol. The second kappa shape index (κ2) is 9.51. The zero-order valence-corrected chi connectivity index (χ0v) is 16.5. The minimum atomic E-state index is -0.0238. The quantitative estimate of drug-likeness (QED) is 0.494. The zero-order chi connectivity index (χ0) is 19.9. The number of carbonyl (C=O) groups excluding carboxylic acids is 2. The van der Waals surface area contributed by atoms with Crippen molar-refractivity contribution in [2.45, 2.75) is 32.3 Å². The van der Waals surface area contributed by atoms with Gasteiger partial charge in [0.1, 0.15) is 5.75 Å². The summed E-state index contributed by atoms with van der Waals surface area (Å²) in [6.45, 7) is 3.47. The lowest BCUT2D eigenvalue weighted by Gasteiger charge is -2.39. The van der Waals surface area contributed by atoms with Gasteiger partial charge in [-0.05, 0) is 43.5 Å². The molecule has 3 rings (SSSR count). The predicted octanol–water partition coefficient (Wildman–Crippen LogP) is 3.30. The molecule has 0 spiro atoms. The molecule has 0 bridgehead atoms. The number of benzene rings is 2. The lowest BCUT2D eigenvalue weighted by Crippen LogP contribution is -2.55. The van der Waals surface area contributed by atoms with E-state index in [1.54, 1.807) is 30.2 Å². The maximum absolute atomic E-state index is 12.5. The third-order valence-electron chi connectivity index (χ3n) is 5.04. The van der Waals surface area contributed by atoms with E-state index in [4.69, 9.17) is 9.47 Å². The molecule has 2 aromatic carbocycles. The van der Waals surface area contributed by atoms with Gasteiger partial charge in [-0.2, -0.15) is 0 Å². The lowest BCUT2D eigenvalue weighted by molar-refractivity contribution is -0.144.